The van der Waals surface area contributed by atoms with Crippen LogP contribution < -0.4 is 20.7 Å². The number of carbonyl (C=O) groups is 2. The smallest absolute Gasteiger partial charge is 0.255 e. The topological polar surface area (TPSA) is 79.5 Å². The molecule has 0 saturated heterocycles. The molecule has 0 saturated carbocycles. The summed E-state index contributed by atoms with van der Waals surface area (Å²) in [5.41, 5.74) is 3.84. The minimum Gasteiger partial charge on any atom is -0.495 e. The van der Waals surface area contributed by atoms with Crippen LogP contribution >= 0.6 is 0 Å². The number of hydrogen-bond acceptors (Lipinski definition) is 4. The number of amides is 2. The zero-order valence-corrected chi connectivity index (χ0v) is 19.4. The van der Waals surface area contributed by atoms with Crippen LogP contribution in [0.5, 0.6) is 5.75 Å². The fourth-order valence-electron chi connectivity index (χ4n) is 3.77. The second-order valence-corrected chi connectivity index (χ2v) is 7.92. The van der Waals surface area contributed by atoms with Crippen molar-refractivity contribution in [2.45, 2.75) is 6.04 Å². The quantitative estimate of drug-likeness (QED) is 0.315. The van der Waals surface area contributed by atoms with E-state index in [0.717, 1.165) is 11.1 Å². The summed E-state index contributed by atoms with van der Waals surface area (Å²) in [6, 6.07) is 33.9. The summed E-state index contributed by atoms with van der Waals surface area (Å²) in [6.45, 7) is 0.129. The average molecular weight is 466 g/mol. The van der Waals surface area contributed by atoms with E-state index in [-0.39, 0.29) is 24.4 Å². The highest BCUT2D eigenvalue weighted by Gasteiger charge is 2.15. The molecular weight excluding hydrogens is 438 g/mol. The van der Waals surface area contributed by atoms with Gasteiger partial charge < -0.3 is 15.4 Å². The Labute approximate surface area is 205 Å². The molecule has 0 aliphatic rings. The molecule has 0 aliphatic carbocycles. The Morgan fingerprint density at radius 1 is 0.714 bits per heavy atom. The Hall–Kier alpha value is -4.42. The number of nitrogens with one attached hydrogen (secondary N) is 3. The molecule has 4 aromatic carbocycles. The van der Waals surface area contributed by atoms with Crippen molar-refractivity contribution in [2.24, 2.45) is 0 Å². The number of anilines is 2. The molecule has 0 atom stereocenters. The second-order valence-electron chi connectivity index (χ2n) is 7.92. The molecule has 0 fully saturated rings. The maximum Gasteiger partial charge on any atom is 0.255 e. The summed E-state index contributed by atoms with van der Waals surface area (Å²) in [4.78, 5) is 25.2. The number of methoxy groups -OCH3 is 1. The lowest BCUT2D eigenvalue weighted by atomic mass is 9.99. The van der Waals surface area contributed by atoms with Crippen LogP contribution in [0, 0.1) is 0 Å². The summed E-state index contributed by atoms with van der Waals surface area (Å²) in [6.07, 6.45) is 0. The van der Waals surface area contributed by atoms with Crippen LogP contribution in [0.15, 0.2) is 109 Å². The van der Waals surface area contributed by atoms with Gasteiger partial charge in [0.2, 0.25) is 5.91 Å². The van der Waals surface area contributed by atoms with Crippen LogP contribution in [0.3, 0.4) is 0 Å². The first-order valence-electron chi connectivity index (χ1n) is 11.3. The van der Waals surface area contributed by atoms with Crippen molar-refractivity contribution in [3.8, 4) is 5.75 Å². The third-order valence-electron chi connectivity index (χ3n) is 5.52. The van der Waals surface area contributed by atoms with Crippen LogP contribution in [0.1, 0.15) is 27.5 Å². The van der Waals surface area contributed by atoms with Gasteiger partial charge in [0.1, 0.15) is 5.75 Å². The van der Waals surface area contributed by atoms with E-state index in [1.54, 1.807) is 43.5 Å². The molecule has 6 heteroatoms. The van der Waals surface area contributed by atoms with Crippen molar-refractivity contribution < 1.29 is 14.3 Å². The molecule has 2 amide bonds. The lowest BCUT2D eigenvalue weighted by molar-refractivity contribution is -0.115. The van der Waals surface area contributed by atoms with E-state index in [4.69, 9.17) is 4.74 Å². The van der Waals surface area contributed by atoms with E-state index >= 15 is 0 Å². The first kappa shape index (κ1) is 23.7. The highest BCUT2D eigenvalue weighted by Crippen LogP contribution is 2.24. The van der Waals surface area contributed by atoms with Gasteiger partial charge in [-0.05, 0) is 47.5 Å². The van der Waals surface area contributed by atoms with Crippen molar-refractivity contribution in [2.75, 3.05) is 24.3 Å². The van der Waals surface area contributed by atoms with E-state index < -0.39 is 0 Å². The zero-order valence-electron chi connectivity index (χ0n) is 19.4. The molecule has 6 nitrogen and oxygen atoms in total. The Balaban J connectivity index is 1.36. The normalized spacial score (nSPS) is 10.6. The van der Waals surface area contributed by atoms with Crippen LogP contribution in [0.2, 0.25) is 0 Å². The first-order chi connectivity index (χ1) is 17.1. The van der Waals surface area contributed by atoms with Gasteiger partial charge in [0.15, 0.2) is 0 Å². The Bertz CT molecular complexity index is 1220. The Kier molecular flexibility index (Phi) is 7.88. The maximum atomic E-state index is 12.6. The molecule has 4 rings (SSSR count). The Morgan fingerprint density at radius 2 is 1.29 bits per heavy atom. The number of benzene rings is 4. The molecular formula is C29H27N3O3. The van der Waals surface area contributed by atoms with Gasteiger partial charge in [-0.1, -0.05) is 72.8 Å². The molecule has 0 heterocycles. The molecule has 0 aliphatic heterocycles. The average Bonchev–Trinajstić information content (AvgIpc) is 2.91. The van der Waals surface area contributed by atoms with Gasteiger partial charge in [-0.2, -0.15) is 0 Å². The fourth-order valence-corrected chi connectivity index (χ4v) is 3.77. The van der Waals surface area contributed by atoms with Gasteiger partial charge in [0.05, 0.1) is 25.4 Å². The molecule has 176 valence electrons. The fraction of sp³-hybridized carbons (Fsp3) is 0.103. The number of hydrogen-bond donors (Lipinski definition) is 3. The summed E-state index contributed by atoms with van der Waals surface area (Å²) >= 11 is 0. The van der Waals surface area contributed by atoms with Crippen molar-refractivity contribution in [1.82, 2.24) is 5.32 Å². The van der Waals surface area contributed by atoms with Gasteiger partial charge in [-0.3, -0.25) is 14.9 Å². The van der Waals surface area contributed by atoms with Crippen LogP contribution in [0.4, 0.5) is 11.4 Å². The van der Waals surface area contributed by atoms with Gasteiger partial charge >= 0.3 is 0 Å². The van der Waals surface area contributed by atoms with Gasteiger partial charge in [0, 0.05) is 11.3 Å². The predicted molar refractivity (Wildman–Crippen MR) is 139 cm³/mol. The van der Waals surface area contributed by atoms with Gasteiger partial charge in [-0.25, -0.2) is 0 Å². The monoisotopic (exact) mass is 465 g/mol. The molecule has 0 aromatic heterocycles. The molecule has 0 radical (unpaired) electrons. The predicted octanol–water partition coefficient (Wildman–Crippen LogP) is 5.27. The van der Waals surface area contributed by atoms with Gasteiger partial charge in [0.25, 0.3) is 5.91 Å². The van der Waals surface area contributed by atoms with E-state index in [9.17, 15) is 9.59 Å². The van der Waals surface area contributed by atoms with Gasteiger partial charge in [-0.15, -0.1) is 0 Å². The molecule has 35 heavy (non-hydrogen) atoms. The standard InChI is InChI=1S/C29H27N3O3/c1-35-26-15-9-8-14-25(26)32-29(34)23-16-18-24(19-17-23)31-27(33)20-30-28(21-10-4-2-5-11-21)22-12-6-3-7-13-22/h2-19,28,30H,20H2,1H3,(H,31,33)(H,32,34). The third-order valence-corrected chi connectivity index (χ3v) is 5.52. The minimum absolute atomic E-state index is 0.107. The SMILES string of the molecule is COc1ccccc1NC(=O)c1ccc(NC(=O)CNC(c2ccccc2)c2ccccc2)cc1. The van der Waals surface area contributed by atoms with E-state index in [0.29, 0.717) is 22.7 Å². The van der Waals surface area contributed by atoms with Crippen molar-refractivity contribution in [3.05, 3.63) is 126 Å². The summed E-state index contributed by atoms with van der Waals surface area (Å²) in [5.74, 6) is 0.150. The van der Waals surface area contributed by atoms with E-state index in [2.05, 4.69) is 16.0 Å². The van der Waals surface area contributed by atoms with Crippen LogP contribution in [0.25, 0.3) is 0 Å². The first-order valence-corrected chi connectivity index (χ1v) is 11.3. The molecule has 3 N–H and O–H groups in total. The van der Waals surface area contributed by atoms with E-state index in [1.165, 1.54) is 0 Å². The number of ether oxygens (including phenoxy) is 1. The molecule has 0 unspecified atom stereocenters. The summed E-state index contributed by atoms with van der Waals surface area (Å²) in [5, 5.41) is 9.07. The number of para-hydroxylation sites is 2. The Morgan fingerprint density at radius 3 is 1.89 bits per heavy atom. The number of carbonyl (C=O) groups excluding carboxylic acids is 2. The van der Waals surface area contributed by atoms with Crippen molar-refractivity contribution in [3.63, 3.8) is 0 Å². The van der Waals surface area contributed by atoms with E-state index in [1.807, 2.05) is 72.8 Å². The molecule has 4 aromatic rings. The zero-order chi connectivity index (χ0) is 24.5. The summed E-state index contributed by atoms with van der Waals surface area (Å²) in [7, 11) is 1.55. The van der Waals surface area contributed by atoms with Crippen molar-refractivity contribution in [1.29, 1.82) is 0 Å². The van der Waals surface area contributed by atoms with Crippen molar-refractivity contribution >= 4 is 23.2 Å². The minimum atomic E-state index is -0.261. The second kappa shape index (κ2) is 11.6. The molecule has 0 spiro atoms. The summed E-state index contributed by atoms with van der Waals surface area (Å²) < 4.78 is 5.27. The number of rotatable bonds is 9. The largest absolute Gasteiger partial charge is 0.495 e. The van der Waals surface area contributed by atoms with Crippen LogP contribution in [-0.2, 0) is 4.79 Å². The lowest BCUT2D eigenvalue weighted by Crippen LogP contribution is -2.31. The molecule has 0 bridgehead atoms. The lowest BCUT2D eigenvalue weighted by Gasteiger charge is -2.19. The maximum absolute atomic E-state index is 12.6. The highest BCUT2D eigenvalue weighted by atomic mass is 16.5. The van der Waals surface area contributed by atoms with Crippen LogP contribution in [-0.4, -0.2) is 25.5 Å². The highest BCUT2D eigenvalue weighted by molar-refractivity contribution is 6.05. The third kappa shape index (κ3) is 6.34.